The molecule has 0 bridgehead atoms. The molecule has 2 amide bonds. The fourth-order valence-corrected chi connectivity index (χ4v) is 2.50. The van der Waals surface area contributed by atoms with Crippen LogP contribution in [0.2, 0.25) is 0 Å². The minimum Gasteiger partial charge on any atom is -0.481 e. The molecule has 0 saturated heterocycles. The standard InChI is InChI=1S/C13H21N3O3S/c1-8(5-4-6-11(17)18)15-13(19)16-10(3)12-14-7-9(2)20-12/h7-8,10H,4-6H2,1-3H3,(H,17,18)(H2,15,16,19). The SMILES string of the molecule is Cc1cnc(C(C)NC(=O)NC(C)CCCC(=O)O)s1. The first kappa shape index (κ1) is 16.4. The number of urea groups is 1. The average Bonchev–Trinajstić information content (AvgIpc) is 2.75. The van der Waals surface area contributed by atoms with E-state index in [2.05, 4.69) is 15.6 Å². The van der Waals surface area contributed by atoms with E-state index in [-0.39, 0.29) is 24.5 Å². The molecule has 0 aliphatic rings. The number of carboxylic acid groups (broad SMARTS) is 1. The zero-order valence-corrected chi connectivity index (χ0v) is 12.8. The van der Waals surface area contributed by atoms with E-state index < -0.39 is 5.97 Å². The Bertz CT molecular complexity index is 461. The highest BCUT2D eigenvalue weighted by molar-refractivity contribution is 7.11. The van der Waals surface area contributed by atoms with E-state index >= 15 is 0 Å². The van der Waals surface area contributed by atoms with E-state index in [0.717, 1.165) is 9.88 Å². The Morgan fingerprint density at radius 1 is 1.40 bits per heavy atom. The van der Waals surface area contributed by atoms with Crippen LogP contribution in [0.1, 0.15) is 49.0 Å². The van der Waals surface area contributed by atoms with Gasteiger partial charge in [-0.1, -0.05) is 0 Å². The molecule has 1 heterocycles. The van der Waals surface area contributed by atoms with Gasteiger partial charge in [0.25, 0.3) is 0 Å². The molecule has 1 rings (SSSR count). The van der Waals surface area contributed by atoms with Crippen LogP contribution in [0.15, 0.2) is 6.20 Å². The predicted molar refractivity (Wildman–Crippen MR) is 77.9 cm³/mol. The van der Waals surface area contributed by atoms with Gasteiger partial charge < -0.3 is 15.7 Å². The van der Waals surface area contributed by atoms with Gasteiger partial charge in [-0.15, -0.1) is 11.3 Å². The fourth-order valence-electron chi connectivity index (χ4n) is 1.73. The Hall–Kier alpha value is -1.63. The summed E-state index contributed by atoms with van der Waals surface area (Å²) in [7, 11) is 0. The highest BCUT2D eigenvalue weighted by atomic mass is 32.1. The van der Waals surface area contributed by atoms with Crippen LogP contribution in [0.5, 0.6) is 0 Å². The molecule has 112 valence electrons. The third-order valence-electron chi connectivity index (χ3n) is 2.76. The number of rotatable bonds is 7. The number of hydrogen-bond donors (Lipinski definition) is 3. The Morgan fingerprint density at radius 3 is 2.65 bits per heavy atom. The average molecular weight is 299 g/mol. The first-order valence-corrected chi connectivity index (χ1v) is 7.41. The van der Waals surface area contributed by atoms with Crippen LogP contribution < -0.4 is 10.6 Å². The number of aliphatic carboxylic acids is 1. The van der Waals surface area contributed by atoms with Crippen LogP contribution in [-0.2, 0) is 4.79 Å². The van der Waals surface area contributed by atoms with Crippen LogP contribution in [0.4, 0.5) is 4.79 Å². The van der Waals surface area contributed by atoms with Crippen molar-refractivity contribution in [2.45, 2.75) is 52.1 Å². The van der Waals surface area contributed by atoms with Gasteiger partial charge in [0, 0.05) is 23.5 Å². The minimum atomic E-state index is -0.811. The van der Waals surface area contributed by atoms with E-state index in [1.807, 2.05) is 20.8 Å². The second-order valence-electron chi connectivity index (χ2n) is 4.84. The van der Waals surface area contributed by atoms with Gasteiger partial charge in [0.2, 0.25) is 0 Å². The van der Waals surface area contributed by atoms with Gasteiger partial charge in [0.1, 0.15) is 5.01 Å². The molecule has 0 radical (unpaired) electrons. The lowest BCUT2D eigenvalue weighted by Crippen LogP contribution is -2.41. The maximum Gasteiger partial charge on any atom is 0.315 e. The monoisotopic (exact) mass is 299 g/mol. The second kappa shape index (κ2) is 7.84. The minimum absolute atomic E-state index is 0.0559. The van der Waals surface area contributed by atoms with E-state index in [0.29, 0.717) is 12.8 Å². The number of nitrogens with zero attached hydrogens (tertiary/aromatic N) is 1. The van der Waals surface area contributed by atoms with Gasteiger partial charge in [-0.3, -0.25) is 4.79 Å². The number of aromatic nitrogens is 1. The Morgan fingerprint density at radius 2 is 2.10 bits per heavy atom. The largest absolute Gasteiger partial charge is 0.481 e. The molecule has 0 fully saturated rings. The molecule has 6 nitrogen and oxygen atoms in total. The van der Waals surface area contributed by atoms with Gasteiger partial charge in [-0.05, 0) is 33.6 Å². The summed E-state index contributed by atoms with van der Waals surface area (Å²) < 4.78 is 0. The third kappa shape index (κ3) is 6.01. The summed E-state index contributed by atoms with van der Waals surface area (Å²) in [6.45, 7) is 5.71. The Labute approximate surface area is 122 Å². The molecular weight excluding hydrogens is 278 g/mol. The van der Waals surface area contributed by atoms with E-state index in [1.165, 1.54) is 0 Å². The van der Waals surface area contributed by atoms with Crippen molar-refractivity contribution in [3.63, 3.8) is 0 Å². The van der Waals surface area contributed by atoms with Crippen molar-refractivity contribution in [2.75, 3.05) is 0 Å². The number of carbonyl (C=O) groups excluding carboxylic acids is 1. The highest BCUT2D eigenvalue weighted by Gasteiger charge is 2.14. The number of aryl methyl sites for hydroxylation is 1. The van der Waals surface area contributed by atoms with Crippen LogP contribution >= 0.6 is 11.3 Å². The maximum atomic E-state index is 11.8. The molecule has 0 saturated carbocycles. The lowest BCUT2D eigenvalue weighted by Gasteiger charge is -2.16. The molecular formula is C13H21N3O3S. The first-order chi connectivity index (χ1) is 9.38. The third-order valence-corrected chi connectivity index (χ3v) is 3.86. The van der Waals surface area contributed by atoms with Crippen molar-refractivity contribution >= 4 is 23.3 Å². The Balaban J connectivity index is 2.30. The van der Waals surface area contributed by atoms with Crippen molar-refractivity contribution in [2.24, 2.45) is 0 Å². The van der Waals surface area contributed by atoms with Gasteiger partial charge >= 0.3 is 12.0 Å². The summed E-state index contributed by atoms with van der Waals surface area (Å²) in [5.41, 5.74) is 0. The fraction of sp³-hybridized carbons (Fsp3) is 0.615. The summed E-state index contributed by atoms with van der Waals surface area (Å²) in [6.07, 6.45) is 3.11. The molecule has 0 aliphatic carbocycles. The second-order valence-corrected chi connectivity index (χ2v) is 6.10. The zero-order chi connectivity index (χ0) is 15.1. The van der Waals surface area contributed by atoms with Crippen LogP contribution in [0, 0.1) is 6.92 Å². The van der Waals surface area contributed by atoms with E-state index in [4.69, 9.17) is 5.11 Å². The summed E-state index contributed by atoms with van der Waals surface area (Å²) in [5.74, 6) is -0.811. The molecule has 1 aromatic heterocycles. The van der Waals surface area contributed by atoms with Crippen LogP contribution in [0.3, 0.4) is 0 Å². The van der Waals surface area contributed by atoms with E-state index in [9.17, 15) is 9.59 Å². The van der Waals surface area contributed by atoms with Gasteiger partial charge in [-0.25, -0.2) is 9.78 Å². The van der Waals surface area contributed by atoms with E-state index in [1.54, 1.807) is 17.5 Å². The number of carboxylic acids is 1. The van der Waals surface area contributed by atoms with Crippen LogP contribution in [-0.4, -0.2) is 28.1 Å². The number of amides is 2. The lowest BCUT2D eigenvalue weighted by atomic mass is 10.1. The molecule has 7 heteroatoms. The van der Waals surface area contributed by atoms with Crippen molar-refractivity contribution in [1.29, 1.82) is 0 Å². The molecule has 0 aromatic carbocycles. The normalized spacial score (nSPS) is 13.6. The van der Waals surface area contributed by atoms with Crippen molar-refractivity contribution in [1.82, 2.24) is 15.6 Å². The summed E-state index contributed by atoms with van der Waals surface area (Å²) in [5, 5.41) is 15.0. The van der Waals surface area contributed by atoms with Gasteiger partial charge in [0.15, 0.2) is 0 Å². The van der Waals surface area contributed by atoms with Crippen LogP contribution in [0.25, 0.3) is 0 Å². The van der Waals surface area contributed by atoms with Gasteiger partial charge in [0.05, 0.1) is 6.04 Å². The summed E-state index contributed by atoms with van der Waals surface area (Å²) in [4.78, 5) is 27.5. The molecule has 2 atom stereocenters. The van der Waals surface area contributed by atoms with Crippen molar-refractivity contribution in [3.05, 3.63) is 16.1 Å². The molecule has 2 unspecified atom stereocenters. The number of hydrogen-bond acceptors (Lipinski definition) is 4. The molecule has 0 aliphatic heterocycles. The topological polar surface area (TPSA) is 91.3 Å². The molecule has 0 spiro atoms. The highest BCUT2D eigenvalue weighted by Crippen LogP contribution is 2.18. The van der Waals surface area contributed by atoms with Crippen molar-refractivity contribution in [3.8, 4) is 0 Å². The number of nitrogens with one attached hydrogen (secondary N) is 2. The Kier molecular flexibility index (Phi) is 6.44. The van der Waals surface area contributed by atoms with Crippen molar-refractivity contribution < 1.29 is 14.7 Å². The first-order valence-electron chi connectivity index (χ1n) is 6.59. The zero-order valence-electron chi connectivity index (χ0n) is 12.0. The predicted octanol–water partition coefficient (Wildman–Crippen LogP) is 2.46. The van der Waals surface area contributed by atoms with Gasteiger partial charge in [-0.2, -0.15) is 0 Å². The number of thiazole rings is 1. The molecule has 3 N–H and O–H groups in total. The summed E-state index contributed by atoms with van der Waals surface area (Å²) >= 11 is 1.55. The summed E-state index contributed by atoms with van der Waals surface area (Å²) in [6, 6.07) is -0.451. The number of carbonyl (C=O) groups is 2. The smallest absolute Gasteiger partial charge is 0.315 e. The maximum absolute atomic E-state index is 11.8. The molecule has 1 aromatic rings. The quantitative estimate of drug-likeness (QED) is 0.721. The lowest BCUT2D eigenvalue weighted by molar-refractivity contribution is -0.137. The molecule has 20 heavy (non-hydrogen) atoms.